The summed E-state index contributed by atoms with van der Waals surface area (Å²) in [5.41, 5.74) is 3.42. The van der Waals surface area contributed by atoms with Gasteiger partial charge in [0.05, 0.1) is 0 Å². The molecule has 0 heterocycles. The second-order valence-electron chi connectivity index (χ2n) is 4.48. The predicted octanol–water partition coefficient (Wildman–Crippen LogP) is 2.99. The van der Waals surface area contributed by atoms with Crippen molar-refractivity contribution < 1.29 is 9.90 Å². The number of anilines is 1. The summed E-state index contributed by atoms with van der Waals surface area (Å²) in [6, 6.07) is 5.61. The van der Waals surface area contributed by atoms with Gasteiger partial charge >= 0.3 is 5.97 Å². The van der Waals surface area contributed by atoms with Gasteiger partial charge in [-0.1, -0.05) is 13.0 Å². The number of aryl methyl sites for hydroxylation is 2. The molecule has 0 unspecified atom stereocenters. The van der Waals surface area contributed by atoms with Gasteiger partial charge in [-0.3, -0.25) is 0 Å². The van der Waals surface area contributed by atoms with E-state index in [2.05, 4.69) is 19.9 Å². The fraction of sp³-hybridized carbons (Fsp3) is 0.500. The molecule has 94 valence electrons. The van der Waals surface area contributed by atoms with Crippen LogP contribution in [0.15, 0.2) is 18.2 Å². The summed E-state index contributed by atoms with van der Waals surface area (Å²) in [6.07, 6.45) is 0.935. The minimum atomic E-state index is -0.781. The molecular formula is C14H21NO2. The number of rotatable bonds is 5. The number of carboxylic acids is 1. The van der Waals surface area contributed by atoms with E-state index in [0.717, 1.165) is 18.7 Å². The average Bonchev–Trinajstić information content (AvgIpc) is 2.29. The smallest absolute Gasteiger partial charge is 0.326 e. The number of carbonyl (C=O) groups is 1. The van der Waals surface area contributed by atoms with Gasteiger partial charge in [-0.25, -0.2) is 4.79 Å². The van der Waals surface area contributed by atoms with Gasteiger partial charge in [0, 0.05) is 12.2 Å². The Hall–Kier alpha value is -1.51. The summed E-state index contributed by atoms with van der Waals surface area (Å²) in [7, 11) is 0. The Morgan fingerprint density at radius 2 is 2.00 bits per heavy atom. The van der Waals surface area contributed by atoms with Crippen LogP contribution in [0.4, 0.5) is 5.69 Å². The molecule has 3 nitrogen and oxygen atoms in total. The van der Waals surface area contributed by atoms with Crippen LogP contribution in [0.25, 0.3) is 0 Å². The maximum absolute atomic E-state index is 11.1. The van der Waals surface area contributed by atoms with Crippen LogP contribution in [0.2, 0.25) is 0 Å². The minimum Gasteiger partial charge on any atom is -0.480 e. The van der Waals surface area contributed by atoms with Gasteiger partial charge in [-0.05, 0) is 50.5 Å². The first-order valence-corrected chi connectivity index (χ1v) is 6.04. The topological polar surface area (TPSA) is 40.5 Å². The van der Waals surface area contributed by atoms with Crippen LogP contribution >= 0.6 is 0 Å². The van der Waals surface area contributed by atoms with E-state index in [0.29, 0.717) is 0 Å². The Balaban J connectivity index is 3.04. The lowest BCUT2D eigenvalue weighted by Gasteiger charge is -2.28. The quantitative estimate of drug-likeness (QED) is 0.853. The molecule has 0 aromatic heterocycles. The Labute approximate surface area is 103 Å². The van der Waals surface area contributed by atoms with Crippen LogP contribution in [0.5, 0.6) is 0 Å². The van der Waals surface area contributed by atoms with Crippen LogP contribution in [-0.2, 0) is 4.79 Å². The van der Waals surface area contributed by atoms with E-state index >= 15 is 0 Å². The zero-order chi connectivity index (χ0) is 13.0. The standard InChI is InChI=1S/C14H21NO2/c1-5-8-15(12(4)14(16)17)13-7-6-10(2)11(3)9-13/h6-7,9,12H,5,8H2,1-4H3,(H,16,17)/t12-/m1/s1. The maximum Gasteiger partial charge on any atom is 0.326 e. The summed E-state index contributed by atoms with van der Waals surface area (Å²) in [4.78, 5) is 13.0. The second kappa shape index (κ2) is 5.71. The van der Waals surface area contributed by atoms with Gasteiger partial charge < -0.3 is 10.0 Å². The van der Waals surface area contributed by atoms with Crippen molar-refractivity contribution in [2.45, 2.75) is 40.2 Å². The molecule has 1 aromatic rings. The zero-order valence-corrected chi connectivity index (χ0v) is 11.0. The largest absolute Gasteiger partial charge is 0.480 e. The molecule has 0 aliphatic heterocycles. The van der Waals surface area contributed by atoms with Crippen LogP contribution in [0, 0.1) is 13.8 Å². The monoisotopic (exact) mass is 235 g/mol. The number of nitrogens with zero attached hydrogens (tertiary/aromatic N) is 1. The van der Waals surface area contributed by atoms with Gasteiger partial charge in [0.1, 0.15) is 6.04 Å². The summed E-state index contributed by atoms with van der Waals surface area (Å²) >= 11 is 0. The normalized spacial score (nSPS) is 12.2. The van der Waals surface area contributed by atoms with E-state index in [4.69, 9.17) is 5.11 Å². The fourth-order valence-electron chi connectivity index (χ4n) is 1.82. The van der Waals surface area contributed by atoms with Gasteiger partial charge in [0.25, 0.3) is 0 Å². The van der Waals surface area contributed by atoms with Crippen LogP contribution in [0.3, 0.4) is 0 Å². The molecule has 0 saturated carbocycles. The zero-order valence-electron chi connectivity index (χ0n) is 11.0. The van der Waals surface area contributed by atoms with Crippen LogP contribution < -0.4 is 4.90 Å². The highest BCUT2D eigenvalue weighted by molar-refractivity contribution is 5.77. The molecule has 1 atom stereocenters. The van der Waals surface area contributed by atoms with E-state index in [1.54, 1.807) is 6.92 Å². The lowest BCUT2D eigenvalue weighted by Crippen LogP contribution is -2.39. The first kappa shape index (κ1) is 13.6. The van der Waals surface area contributed by atoms with Crippen molar-refractivity contribution in [1.82, 2.24) is 0 Å². The third-order valence-corrected chi connectivity index (χ3v) is 3.11. The number of hydrogen-bond acceptors (Lipinski definition) is 2. The molecule has 0 radical (unpaired) electrons. The molecule has 0 aliphatic carbocycles. The predicted molar refractivity (Wildman–Crippen MR) is 70.7 cm³/mol. The molecular weight excluding hydrogens is 214 g/mol. The van der Waals surface area contributed by atoms with Crippen LogP contribution in [-0.4, -0.2) is 23.7 Å². The highest BCUT2D eigenvalue weighted by Gasteiger charge is 2.20. The molecule has 3 heteroatoms. The van der Waals surface area contributed by atoms with Gasteiger partial charge in [0.15, 0.2) is 0 Å². The van der Waals surface area contributed by atoms with Crippen molar-refractivity contribution in [2.24, 2.45) is 0 Å². The summed E-state index contributed by atoms with van der Waals surface area (Å²) < 4.78 is 0. The molecule has 1 N–H and O–H groups in total. The first-order valence-electron chi connectivity index (χ1n) is 6.04. The van der Waals surface area contributed by atoms with Crippen molar-refractivity contribution in [3.63, 3.8) is 0 Å². The lowest BCUT2D eigenvalue weighted by molar-refractivity contribution is -0.138. The number of carboxylic acid groups (broad SMARTS) is 1. The summed E-state index contributed by atoms with van der Waals surface area (Å²) in [5, 5.41) is 9.12. The highest BCUT2D eigenvalue weighted by atomic mass is 16.4. The summed E-state index contributed by atoms with van der Waals surface area (Å²) in [6.45, 7) is 8.66. The van der Waals surface area contributed by atoms with E-state index < -0.39 is 12.0 Å². The maximum atomic E-state index is 11.1. The van der Waals surface area contributed by atoms with Gasteiger partial charge in [-0.15, -0.1) is 0 Å². The van der Waals surface area contributed by atoms with Crippen LogP contribution in [0.1, 0.15) is 31.4 Å². The lowest BCUT2D eigenvalue weighted by atomic mass is 10.1. The van der Waals surface area contributed by atoms with E-state index in [9.17, 15) is 4.79 Å². The van der Waals surface area contributed by atoms with Crippen molar-refractivity contribution in [3.05, 3.63) is 29.3 Å². The number of benzene rings is 1. The Kier molecular flexibility index (Phi) is 4.55. The molecule has 17 heavy (non-hydrogen) atoms. The van der Waals surface area contributed by atoms with E-state index in [-0.39, 0.29) is 0 Å². The molecule has 0 spiro atoms. The molecule has 0 aliphatic rings. The Morgan fingerprint density at radius 3 is 2.47 bits per heavy atom. The second-order valence-corrected chi connectivity index (χ2v) is 4.48. The van der Waals surface area contributed by atoms with Crippen molar-refractivity contribution >= 4 is 11.7 Å². The van der Waals surface area contributed by atoms with Gasteiger partial charge in [0.2, 0.25) is 0 Å². The Morgan fingerprint density at radius 1 is 1.35 bits per heavy atom. The van der Waals surface area contributed by atoms with Gasteiger partial charge in [-0.2, -0.15) is 0 Å². The number of hydrogen-bond donors (Lipinski definition) is 1. The third kappa shape index (κ3) is 3.22. The highest BCUT2D eigenvalue weighted by Crippen LogP contribution is 2.21. The van der Waals surface area contributed by atoms with Crippen molar-refractivity contribution in [3.8, 4) is 0 Å². The SMILES string of the molecule is CCCN(c1ccc(C)c(C)c1)[C@H](C)C(=O)O. The molecule has 0 saturated heterocycles. The fourth-order valence-corrected chi connectivity index (χ4v) is 1.82. The molecule has 1 aromatic carbocycles. The van der Waals surface area contributed by atoms with Crippen molar-refractivity contribution in [2.75, 3.05) is 11.4 Å². The molecule has 0 fully saturated rings. The first-order chi connectivity index (χ1) is 7.97. The minimum absolute atomic E-state index is 0.489. The third-order valence-electron chi connectivity index (χ3n) is 3.11. The molecule has 0 amide bonds. The average molecular weight is 235 g/mol. The molecule has 0 bridgehead atoms. The summed E-state index contributed by atoms with van der Waals surface area (Å²) in [5.74, 6) is -0.781. The Bertz CT molecular complexity index is 401. The van der Waals surface area contributed by atoms with Crippen molar-refractivity contribution in [1.29, 1.82) is 0 Å². The molecule has 1 rings (SSSR count). The van der Waals surface area contributed by atoms with E-state index in [1.807, 2.05) is 24.0 Å². The number of aliphatic carboxylic acids is 1. The van der Waals surface area contributed by atoms with E-state index in [1.165, 1.54) is 11.1 Å².